The summed E-state index contributed by atoms with van der Waals surface area (Å²) in [5.41, 5.74) is 3.99. The Labute approximate surface area is 214 Å². The largest absolute Gasteiger partial charge is 0.507 e. The van der Waals surface area contributed by atoms with Gasteiger partial charge in [-0.3, -0.25) is 14.5 Å². The molecule has 3 heterocycles. The van der Waals surface area contributed by atoms with Crippen LogP contribution in [-0.4, -0.2) is 36.5 Å². The quantitative estimate of drug-likeness (QED) is 0.236. The third kappa shape index (κ3) is 4.65. The fraction of sp³-hybridized carbons (Fsp3) is 0.207. The molecule has 2 aromatic carbocycles. The van der Waals surface area contributed by atoms with Gasteiger partial charge in [0.25, 0.3) is 5.78 Å². The van der Waals surface area contributed by atoms with Crippen molar-refractivity contribution in [1.29, 1.82) is 0 Å². The van der Waals surface area contributed by atoms with Gasteiger partial charge in [-0.2, -0.15) is 5.10 Å². The van der Waals surface area contributed by atoms with E-state index in [1.807, 2.05) is 47.2 Å². The van der Waals surface area contributed by atoms with Crippen LogP contribution in [0.5, 0.6) is 0 Å². The fourth-order valence-electron chi connectivity index (χ4n) is 4.48. The van der Waals surface area contributed by atoms with Gasteiger partial charge in [0, 0.05) is 24.5 Å². The predicted octanol–water partition coefficient (Wildman–Crippen LogP) is 4.78. The topological polar surface area (TPSA) is 101 Å². The molecular weight excluding hydrogens is 466 g/mol. The number of aryl methyl sites for hydroxylation is 1. The molecule has 0 spiro atoms. The molecular formula is C29H27N5O3. The minimum absolute atomic E-state index is 0.0204. The lowest BCUT2D eigenvalue weighted by Gasteiger charge is -2.24. The summed E-state index contributed by atoms with van der Waals surface area (Å²) >= 11 is 0. The molecule has 1 unspecified atom stereocenters. The van der Waals surface area contributed by atoms with Gasteiger partial charge in [-0.05, 0) is 41.7 Å². The van der Waals surface area contributed by atoms with Gasteiger partial charge in [0.1, 0.15) is 5.76 Å². The van der Waals surface area contributed by atoms with Crippen molar-refractivity contribution in [2.75, 3.05) is 4.90 Å². The molecule has 1 N–H and O–H groups in total. The molecule has 1 atom stereocenters. The van der Waals surface area contributed by atoms with E-state index in [-0.39, 0.29) is 17.2 Å². The van der Waals surface area contributed by atoms with Gasteiger partial charge in [-0.1, -0.05) is 62.4 Å². The van der Waals surface area contributed by atoms with E-state index in [9.17, 15) is 14.7 Å². The van der Waals surface area contributed by atoms with Crippen LogP contribution in [0, 0.1) is 6.92 Å². The Kier molecular flexibility index (Phi) is 6.40. The highest BCUT2D eigenvalue weighted by Gasteiger charge is 2.47. The summed E-state index contributed by atoms with van der Waals surface area (Å²) in [6, 6.07) is 17.5. The molecule has 8 nitrogen and oxygen atoms in total. The van der Waals surface area contributed by atoms with Gasteiger partial charge in [-0.15, -0.1) is 5.10 Å². The number of carbonyl (C=O) groups excluding carboxylic acids is 2. The van der Waals surface area contributed by atoms with E-state index in [1.165, 1.54) is 4.90 Å². The third-order valence-electron chi connectivity index (χ3n) is 6.55. The second-order valence-electron chi connectivity index (χ2n) is 9.46. The average Bonchev–Trinajstić information content (AvgIpc) is 3.51. The van der Waals surface area contributed by atoms with Crippen molar-refractivity contribution in [2.45, 2.75) is 39.3 Å². The van der Waals surface area contributed by atoms with Gasteiger partial charge >= 0.3 is 5.91 Å². The van der Waals surface area contributed by atoms with Gasteiger partial charge in [0.15, 0.2) is 5.82 Å². The number of imidazole rings is 1. The van der Waals surface area contributed by atoms with Crippen LogP contribution in [0.1, 0.15) is 53.8 Å². The number of hydrogen-bond donors (Lipinski definition) is 1. The summed E-state index contributed by atoms with van der Waals surface area (Å²) in [4.78, 5) is 32.0. The number of hydrogen-bond acceptors (Lipinski definition) is 6. The number of carbonyl (C=O) groups is 2. The van der Waals surface area contributed by atoms with E-state index in [0.29, 0.717) is 29.3 Å². The summed E-state index contributed by atoms with van der Waals surface area (Å²) in [7, 11) is 0. The number of ketones is 1. The number of aromatic nitrogens is 4. The van der Waals surface area contributed by atoms with Crippen molar-refractivity contribution in [2.24, 2.45) is 0 Å². The normalized spacial score (nSPS) is 17.1. The Morgan fingerprint density at radius 1 is 0.973 bits per heavy atom. The maximum Gasteiger partial charge on any atom is 0.301 e. The molecule has 0 radical (unpaired) electrons. The van der Waals surface area contributed by atoms with Crippen LogP contribution in [-0.2, 0) is 16.1 Å². The molecule has 1 saturated heterocycles. The van der Waals surface area contributed by atoms with Crippen LogP contribution in [0.25, 0.3) is 5.76 Å². The van der Waals surface area contributed by atoms with Gasteiger partial charge in [0.2, 0.25) is 0 Å². The van der Waals surface area contributed by atoms with E-state index in [0.717, 1.165) is 11.1 Å². The van der Waals surface area contributed by atoms with Gasteiger partial charge in [-0.25, -0.2) is 4.98 Å². The molecule has 5 rings (SSSR count). The lowest BCUT2D eigenvalue weighted by molar-refractivity contribution is -0.132. The molecule has 186 valence electrons. The summed E-state index contributed by atoms with van der Waals surface area (Å²) in [5, 5.41) is 19.6. The standard InChI is InChI=1S/C29H27N5O3/c1-18(2)21-9-11-23(12-10-21)27(35)25-26(22-7-5-20(6-8-22)16-33-15-14-30-17-33)34(29(37)28(25)36)24-13-4-19(3)31-32-24/h4-15,17-18,26,35H,16H2,1-3H3/b27-25-. The summed E-state index contributed by atoms with van der Waals surface area (Å²) in [6.07, 6.45) is 5.34. The Bertz CT molecular complexity index is 1460. The van der Waals surface area contributed by atoms with E-state index >= 15 is 0 Å². The van der Waals surface area contributed by atoms with Crippen LogP contribution < -0.4 is 4.90 Å². The second kappa shape index (κ2) is 9.81. The predicted molar refractivity (Wildman–Crippen MR) is 140 cm³/mol. The van der Waals surface area contributed by atoms with Crippen molar-refractivity contribution in [1.82, 2.24) is 19.7 Å². The number of Topliss-reactive ketones (excluding diaryl/α,β-unsaturated/α-hetero) is 1. The molecule has 1 fully saturated rings. The summed E-state index contributed by atoms with van der Waals surface area (Å²) in [6.45, 7) is 6.59. The van der Waals surface area contributed by atoms with E-state index in [2.05, 4.69) is 29.0 Å². The minimum atomic E-state index is -0.857. The second-order valence-corrected chi connectivity index (χ2v) is 9.46. The summed E-state index contributed by atoms with van der Waals surface area (Å²) < 4.78 is 1.95. The average molecular weight is 494 g/mol. The first-order valence-electron chi connectivity index (χ1n) is 12.1. The summed E-state index contributed by atoms with van der Waals surface area (Å²) in [5.74, 6) is -1.17. The number of anilines is 1. The lowest BCUT2D eigenvalue weighted by Crippen LogP contribution is -2.30. The molecule has 0 saturated carbocycles. The Morgan fingerprint density at radius 2 is 1.70 bits per heavy atom. The lowest BCUT2D eigenvalue weighted by atomic mass is 9.93. The number of amides is 1. The Hall–Kier alpha value is -4.59. The molecule has 1 aliphatic heterocycles. The third-order valence-corrected chi connectivity index (χ3v) is 6.55. The maximum absolute atomic E-state index is 13.3. The van der Waals surface area contributed by atoms with E-state index < -0.39 is 17.7 Å². The SMILES string of the molecule is Cc1ccc(N2C(=O)C(=O)/C(=C(\O)c3ccc(C(C)C)cc3)C2c2ccc(Cn3ccnc3)cc2)nn1. The van der Waals surface area contributed by atoms with Crippen LogP contribution in [0.3, 0.4) is 0 Å². The molecule has 0 bridgehead atoms. The Morgan fingerprint density at radius 3 is 2.30 bits per heavy atom. The molecule has 37 heavy (non-hydrogen) atoms. The molecule has 8 heteroatoms. The first kappa shape index (κ1) is 24.1. The van der Waals surface area contributed by atoms with Crippen molar-refractivity contribution < 1.29 is 14.7 Å². The van der Waals surface area contributed by atoms with Crippen LogP contribution in [0.15, 0.2) is 85.0 Å². The van der Waals surface area contributed by atoms with Crippen LogP contribution in [0.2, 0.25) is 0 Å². The first-order valence-corrected chi connectivity index (χ1v) is 12.1. The first-order chi connectivity index (χ1) is 17.8. The van der Waals surface area contributed by atoms with E-state index in [4.69, 9.17) is 0 Å². The number of aliphatic hydroxyl groups excluding tert-OH is 1. The van der Waals surface area contributed by atoms with E-state index in [1.54, 1.807) is 43.7 Å². The van der Waals surface area contributed by atoms with Crippen molar-refractivity contribution in [3.8, 4) is 0 Å². The smallest absolute Gasteiger partial charge is 0.301 e. The molecule has 2 aromatic heterocycles. The number of nitrogens with zero attached hydrogens (tertiary/aromatic N) is 5. The molecule has 1 amide bonds. The van der Waals surface area contributed by atoms with Crippen LogP contribution in [0.4, 0.5) is 5.82 Å². The van der Waals surface area contributed by atoms with Crippen molar-refractivity contribution in [3.05, 3.63) is 113 Å². The van der Waals surface area contributed by atoms with Crippen LogP contribution >= 0.6 is 0 Å². The number of benzene rings is 2. The molecule has 1 aliphatic rings. The zero-order valence-corrected chi connectivity index (χ0v) is 20.9. The molecule has 4 aromatic rings. The van der Waals surface area contributed by atoms with Crippen molar-refractivity contribution >= 4 is 23.3 Å². The zero-order valence-electron chi connectivity index (χ0n) is 20.9. The van der Waals surface area contributed by atoms with Crippen molar-refractivity contribution in [3.63, 3.8) is 0 Å². The Balaban J connectivity index is 1.61. The minimum Gasteiger partial charge on any atom is -0.507 e. The number of rotatable bonds is 6. The van der Waals surface area contributed by atoms with Gasteiger partial charge in [0.05, 0.1) is 23.6 Å². The fourth-order valence-corrected chi connectivity index (χ4v) is 4.48. The highest BCUT2D eigenvalue weighted by molar-refractivity contribution is 6.51. The highest BCUT2D eigenvalue weighted by Crippen LogP contribution is 2.41. The monoisotopic (exact) mass is 493 g/mol. The highest BCUT2D eigenvalue weighted by atomic mass is 16.3. The maximum atomic E-state index is 13.3. The number of aliphatic hydroxyl groups is 1. The molecule has 0 aliphatic carbocycles. The van der Waals surface area contributed by atoms with Gasteiger partial charge < -0.3 is 9.67 Å². The zero-order chi connectivity index (χ0) is 26.1.